The van der Waals surface area contributed by atoms with Gasteiger partial charge in [0.15, 0.2) is 5.75 Å². The minimum atomic E-state index is 0.607. The second kappa shape index (κ2) is 6.59. The molecule has 1 aromatic heterocycles. The number of nitrogens with zero attached hydrogens (tertiary/aromatic N) is 2. The van der Waals surface area contributed by atoms with Crippen LogP contribution < -0.4 is 10.1 Å². The highest BCUT2D eigenvalue weighted by molar-refractivity contribution is 6.32. The molecule has 0 aliphatic rings. The van der Waals surface area contributed by atoms with E-state index in [-0.39, 0.29) is 0 Å². The van der Waals surface area contributed by atoms with E-state index in [4.69, 9.17) is 16.3 Å². The lowest BCUT2D eigenvalue weighted by Crippen LogP contribution is -2.04. The van der Waals surface area contributed by atoms with Gasteiger partial charge in [0.2, 0.25) is 0 Å². The van der Waals surface area contributed by atoms with Crippen molar-refractivity contribution < 1.29 is 4.74 Å². The van der Waals surface area contributed by atoms with Gasteiger partial charge in [0, 0.05) is 13.1 Å². The average molecular weight is 280 g/mol. The third-order valence-corrected chi connectivity index (χ3v) is 2.96. The summed E-state index contributed by atoms with van der Waals surface area (Å²) in [6, 6.07) is 5.78. The van der Waals surface area contributed by atoms with E-state index >= 15 is 0 Å². The molecule has 2 rings (SSSR count). The molecule has 0 atom stereocenters. The van der Waals surface area contributed by atoms with Crippen LogP contribution in [0.15, 0.2) is 30.6 Å². The zero-order chi connectivity index (χ0) is 13.7. The molecule has 0 aliphatic heterocycles. The first-order chi connectivity index (χ1) is 9.22. The third kappa shape index (κ3) is 3.72. The van der Waals surface area contributed by atoms with Gasteiger partial charge in [-0.05, 0) is 31.2 Å². The standard InChI is InChI=1S/C14H18ClN3O/c1-3-6-18-10-12(9-17-18)19-14-5-4-11(8-16-2)7-13(14)15/h4-5,7,9-10,16H,3,6,8H2,1-2H3. The Balaban J connectivity index is 2.09. The summed E-state index contributed by atoms with van der Waals surface area (Å²) in [5.74, 6) is 1.36. The molecule has 1 N–H and O–H groups in total. The number of rotatable bonds is 6. The second-order valence-electron chi connectivity index (χ2n) is 4.34. The molecule has 0 aliphatic carbocycles. The summed E-state index contributed by atoms with van der Waals surface area (Å²) in [7, 11) is 1.90. The van der Waals surface area contributed by atoms with Crippen molar-refractivity contribution in [2.24, 2.45) is 0 Å². The van der Waals surface area contributed by atoms with Crippen molar-refractivity contribution in [1.29, 1.82) is 0 Å². The van der Waals surface area contributed by atoms with Crippen molar-refractivity contribution in [2.45, 2.75) is 26.4 Å². The predicted octanol–water partition coefficient (Wildman–Crippen LogP) is 3.46. The van der Waals surface area contributed by atoms with Gasteiger partial charge < -0.3 is 10.1 Å². The summed E-state index contributed by atoms with van der Waals surface area (Å²) in [6.45, 7) is 3.78. The van der Waals surface area contributed by atoms with Gasteiger partial charge in [-0.1, -0.05) is 24.6 Å². The quantitative estimate of drug-likeness (QED) is 0.880. The Morgan fingerprint density at radius 2 is 2.26 bits per heavy atom. The molecule has 0 amide bonds. The molecule has 0 bridgehead atoms. The molecule has 0 saturated carbocycles. The van der Waals surface area contributed by atoms with Gasteiger partial charge in [0.25, 0.3) is 0 Å². The lowest BCUT2D eigenvalue weighted by molar-refractivity contribution is 0.480. The molecule has 1 heterocycles. The number of aryl methyl sites for hydroxylation is 1. The second-order valence-corrected chi connectivity index (χ2v) is 4.74. The molecule has 5 heteroatoms. The minimum absolute atomic E-state index is 0.607. The van der Waals surface area contributed by atoms with E-state index in [2.05, 4.69) is 17.3 Å². The van der Waals surface area contributed by atoms with Crippen molar-refractivity contribution in [2.75, 3.05) is 7.05 Å². The summed E-state index contributed by atoms with van der Waals surface area (Å²) in [5, 5.41) is 7.91. The van der Waals surface area contributed by atoms with E-state index in [1.165, 1.54) is 0 Å². The highest BCUT2D eigenvalue weighted by atomic mass is 35.5. The normalized spacial score (nSPS) is 10.7. The van der Waals surface area contributed by atoms with Gasteiger partial charge in [-0.2, -0.15) is 5.10 Å². The Hall–Kier alpha value is -1.52. The summed E-state index contributed by atoms with van der Waals surface area (Å²) in [4.78, 5) is 0. The maximum absolute atomic E-state index is 6.20. The van der Waals surface area contributed by atoms with Gasteiger partial charge in [0.05, 0.1) is 17.4 Å². The van der Waals surface area contributed by atoms with Crippen LogP contribution in [0.25, 0.3) is 0 Å². The summed E-state index contributed by atoms with van der Waals surface area (Å²) >= 11 is 6.20. The largest absolute Gasteiger partial charge is 0.452 e. The van der Waals surface area contributed by atoms with E-state index in [9.17, 15) is 0 Å². The van der Waals surface area contributed by atoms with Crippen LogP contribution >= 0.6 is 11.6 Å². The van der Waals surface area contributed by atoms with Crippen molar-refractivity contribution in [3.63, 3.8) is 0 Å². The monoisotopic (exact) mass is 279 g/mol. The van der Waals surface area contributed by atoms with E-state index in [1.54, 1.807) is 6.20 Å². The molecule has 0 spiro atoms. The maximum atomic E-state index is 6.20. The van der Waals surface area contributed by atoms with Gasteiger partial charge in [-0.15, -0.1) is 0 Å². The van der Waals surface area contributed by atoms with Gasteiger partial charge in [0.1, 0.15) is 5.75 Å². The fourth-order valence-corrected chi connectivity index (χ4v) is 2.06. The SMILES string of the molecule is CCCn1cc(Oc2ccc(CNC)cc2Cl)cn1. The number of halogens is 1. The molecule has 19 heavy (non-hydrogen) atoms. The number of ether oxygens (including phenoxy) is 1. The molecule has 0 unspecified atom stereocenters. The number of benzene rings is 1. The molecule has 0 radical (unpaired) electrons. The van der Waals surface area contributed by atoms with Crippen molar-refractivity contribution in [1.82, 2.24) is 15.1 Å². The summed E-state index contributed by atoms with van der Waals surface area (Å²) in [5.41, 5.74) is 1.13. The van der Waals surface area contributed by atoms with Crippen LogP contribution in [-0.4, -0.2) is 16.8 Å². The molecule has 4 nitrogen and oxygen atoms in total. The van der Waals surface area contributed by atoms with Gasteiger partial charge >= 0.3 is 0 Å². The van der Waals surface area contributed by atoms with Crippen molar-refractivity contribution in [3.05, 3.63) is 41.2 Å². The summed E-state index contributed by atoms with van der Waals surface area (Å²) in [6.07, 6.45) is 4.62. The highest BCUT2D eigenvalue weighted by Gasteiger charge is 2.06. The molecular formula is C14H18ClN3O. The topological polar surface area (TPSA) is 39.1 Å². The Morgan fingerprint density at radius 3 is 2.95 bits per heavy atom. The molecule has 2 aromatic rings. The smallest absolute Gasteiger partial charge is 0.165 e. The Kier molecular flexibility index (Phi) is 4.82. The molecule has 0 saturated heterocycles. The molecule has 1 aromatic carbocycles. The first-order valence-corrected chi connectivity index (χ1v) is 6.74. The Bertz CT molecular complexity index is 539. The fourth-order valence-electron chi connectivity index (χ4n) is 1.82. The fraction of sp³-hybridized carbons (Fsp3) is 0.357. The van der Waals surface area contributed by atoms with Gasteiger partial charge in [-0.25, -0.2) is 0 Å². The van der Waals surface area contributed by atoms with Crippen LogP contribution in [-0.2, 0) is 13.1 Å². The summed E-state index contributed by atoms with van der Waals surface area (Å²) < 4.78 is 7.59. The number of aromatic nitrogens is 2. The predicted molar refractivity (Wildman–Crippen MR) is 76.8 cm³/mol. The number of hydrogen-bond donors (Lipinski definition) is 1. The van der Waals surface area contributed by atoms with Crippen LogP contribution in [0.4, 0.5) is 0 Å². The van der Waals surface area contributed by atoms with Crippen LogP contribution in [0.5, 0.6) is 11.5 Å². The van der Waals surface area contributed by atoms with Crippen LogP contribution in [0.3, 0.4) is 0 Å². The lowest BCUT2D eigenvalue weighted by Gasteiger charge is -2.07. The number of hydrogen-bond acceptors (Lipinski definition) is 3. The molecule has 102 valence electrons. The minimum Gasteiger partial charge on any atom is -0.452 e. The van der Waals surface area contributed by atoms with E-state index in [0.717, 1.165) is 25.1 Å². The van der Waals surface area contributed by atoms with Crippen LogP contribution in [0, 0.1) is 0 Å². The van der Waals surface area contributed by atoms with Gasteiger partial charge in [-0.3, -0.25) is 4.68 Å². The zero-order valence-corrected chi connectivity index (χ0v) is 11.9. The number of nitrogens with one attached hydrogen (secondary N) is 1. The average Bonchev–Trinajstić information content (AvgIpc) is 2.81. The molecule has 0 fully saturated rings. The first-order valence-electron chi connectivity index (χ1n) is 6.36. The van der Waals surface area contributed by atoms with E-state index < -0.39 is 0 Å². The van der Waals surface area contributed by atoms with Crippen LogP contribution in [0.1, 0.15) is 18.9 Å². The molecular weight excluding hydrogens is 262 g/mol. The third-order valence-electron chi connectivity index (χ3n) is 2.67. The van der Waals surface area contributed by atoms with Crippen LogP contribution in [0.2, 0.25) is 5.02 Å². The zero-order valence-electron chi connectivity index (χ0n) is 11.2. The van der Waals surface area contributed by atoms with E-state index in [1.807, 2.05) is 36.1 Å². The van der Waals surface area contributed by atoms with Crippen molar-refractivity contribution >= 4 is 11.6 Å². The van der Waals surface area contributed by atoms with Crippen molar-refractivity contribution in [3.8, 4) is 11.5 Å². The first kappa shape index (κ1) is 13.9. The van der Waals surface area contributed by atoms with E-state index in [0.29, 0.717) is 16.5 Å². The Labute approximate surface area is 118 Å². The Morgan fingerprint density at radius 1 is 1.42 bits per heavy atom. The highest BCUT2D eigenvalue weighted by Crippen LogP contribution is 2.29. The maximum Gasteiger partial charge on any atom is 0.165 e. The lowest BCUT2D eigenvalue weighted by atomic mass is 10.2.